The standard InChI is InChI=1S/C15H24N2O2S/c1-12(8-14-5-3-7-20-14)9-16-15(19)17-6-2-4-13(10-17)11-18/h3,5,7,12-13,18H,2,4,6,8-11H2,1H3,(H,16,19)/t12-,13+/m1/s1. The van der Waals surface area contributed by atoms with E-state index in [0.717, 1.165) is 25.8 Å². The highest BCUT2D eigenvalue weighted by Crippen LogP contribution is 2.16. The maximum absolute atomic E-state index is 12.1. The van der Waals surface area contributed by atoms with Crippen LogP contribution in [0, 0.1) is 11.8 Å². The molecule has 0 bridgehead atoms. The van der Waals surface area contributed by atoms with Gasteiger partial charge in [0.05, 0.1) is 0 Å². The number of rotatable bonds is 5. The molecule has 2 amide bonds. The molecule has 2 rings (SSSR count). The molecule has 2 atom stereocenters. The molecule has 20 heavy (non-hydrogen) atoms. The van der Waals surface area contributed by atoms with E-state index in [1.165, 1.54) is 4.88 Å². The van der Waals surface area contributed by atoms with Gasteiger partial charge in [-0.25, -0.2) is 4.79 Å². The summed E-state index contributed by atoms with van der Waals surface area (Å²) in [6, 6.07) is 4.22. The predicted molar refractivity (Wildman–Crippen MR) is 82.0 cm³/mol. The number of nitrogens with one attached hydrogen (secondary N) is 1. The molecule has 0 spiro atoms. The third-order valence-corrected chi connectivity index (χ3v) is 4.69. The zero-order valence-electron chi connectivity index (χ0n) is 12.0. The van der Waals surface area contributed by atoms with Gasteiger partial charge >= 0.3 is 6.03 Å². The van der Waals surface area contributed by atoms with Crippen LogP contribution in [0.1, 0.15) is 24.6 Å². The number of thiophene rings is 1. The van der Waals surface area contributed by atoms with Crippen LogP contribution >= 0.6 is 11.3 Å². The van der Waals surface area contributed by atoms with E-state index in [4.69, 9.17) is 0 Å². The zero-order valence-corrected chi connectivity index (χ0v) is 12.9. The topological polar surface area (TPSA) is 52.6 Å². The van der Waals surface area contributed by atoms with Crippen molar-refractivity contribution < 1.29 is 9.90 Å². The van der Waals surface area contributed by atoms with Crippen LogP contribution in [-0.4, -0.2) is 42.3 Å². The van der Waals surface area contributed by atoms with Gasteiger partial charge in [-0.1, -0.05) is 13.0 Å². The Kier molecular flexibility index (Phi) is 5.86. The molecular formula is C15H24N2O2S. The number of hydrogen-bond donors (Lipinski definition) is 2. The van der Waals surface area contributed by atoms with Crippen LogP contribution in [0.2, 0.25) is 0 Å². The van der Waals surface area contributed by atoms with Gasteiger partial charge < -0.3 is 15.3 Å². The molecule has 112 valence electrons. The Balaban J connectivity index is 1.71. The highest BCUT2D eigenvalue weighted by molar-refractivity contribution is 7.09. The van der Waals surface area contributed by atoms with Crippen LogP contribution in [0.3, 0.4) is 0 Å². The molecule has 0 aliphatic carbocycles. The van der Waals surface area contributed by atoms with Crippen molar-refractivity contribution in [1.82, 2.24) is 10.2 Å². The number of aliphatic hydroxyl groups is 1. The fourth-order valence-corrected chi connectivity index (χ4v) is 3.49. The normalized spacial score (nSPS) is 20.7. The molecule has 5 heteroatoms. The molecule has 1 aliphatic heterocycles. The number of carbonyl (C=O) groups excluding carboxylic acids is 1. The smallest absolute Gasteiger partial charge is 0.317 e. The lowest BCUT2D eigenvalue weighted by Crippen LogP contribution is -2.47. The lowest BCUT2D eigenvalue weighted by Gasteiger charge is -2.32. The Morgan fingerprint density at radius 3 is 3.20 bits per heavy atom. The van der Waals surface area contributed by atoms with Gasteiger partial charge in [-0.15, -0.1) is 11.3 Å². The third kappa shape index (κ3) is 4.49. The summed E-state index contributed by atoms with van der Waals surface area (Å²) in [5, 5.41) is 14.3. The molecule has 2 N–H and O–H groups in total. The second kappa shape index (κ2) is 7.64. The average Bonchev–Trinajstić information content (AvgIpc) is 2.97. The Morgan fingerprint density at radius 1 is 1.65 bits per heavy atom. The van der Waals surface area contributed by atoms with Gasteiger partial charge in [-0.05, 0) is 42.5 Å². The first-order valence-electron chi connectivity index (χ1n) is 7.35. The monoisotopic (exact) mass is 296 g/mol. The molecule has 1 saturated heterocycles. The summed E-state index contributed by atoms with van der Waals surface area (Å²) in [5.74, 6) is 0.689. The summed E-state index contributed by atoms with van der Waals surface area (Å²) < 4.78 is 0. The average molecular weight is 296 g/mol. The van der Waals surface area contributed by atoms with Crippen molar-refractivity contribution in [2.45, 2.75) is 26.2 Å². The van der Waals surface area contributed by atoms with Crippen LogP contribution in [0.5, 0.6) is 0 Å². The van der Waals surface area contributed by atoms with Crippen molar-refractivity contribution in [3.05, 3.63) is 22.4 Å². The second-order valence-electron chi connectivity index (χ2n) is 5.71. The van der Waals surface area contributed by atoms with Crippen LogP contribution in [-0.2, 0) is 6.42 Å². The number of urea groups is 1. The van der Waals surface area contributed by atoms with Crippen molar-refractivity contribution in [2.75, 3.05) is 26.2 Å². The van der Waals surface area contributed by atoms with E-state index in [1.54, 1.807) is 11.3 Å². The Labute approximate surface area is 124 Å². The molecule has 0 unspecified atom stereocenters. The molecule has 4 nitrogen and oxygen atoms in total. The number of hydrogen-bond acceptors (Lipinski definition) is 3. The molecule has 0 radical (unpaired) electrons. The maximum atomic E-state index is 12.1. The van der Waals surface area contributed by atoms with Crippen LogP contribution in [0.25, 0.3) is 0 Å². The highest BCUT2D eigenvalue weighted by Gasteiger charge is 2.23. The molecular weight excluding hydrogens is 272 g/mol. The minimum atomic E-state index is 0.0150. The summed E-state index contributed by atoms with van der Waals surface area (Å²) in [4.78, 5) is 15.3. The largest absolute Gasteiger partial charge is 0.396 e. The quantitative estimate of drug-likeness (QED) is 0.876. The third-order valence-electron chi connectivity index (χ3n) is 3.80. The number of carbonyl (C=O) groups is 1. The van der Waals surface area contributed by atoms with Crippen molar-refractivity contribution in [1.29, 1.82) is 0 Å². The van der Waals surface area contributed by atoms with Crippen molar-refractivity contribution in [3.63, 3.8) is 0 Å². The van der Waals surface area contributed by atoms with Crippen molar-refractivity contribution in [2.24, 2.45) is 11.8 Å². The maximum Gasteiger partial charge on any atom is 0.317 e. The molecule has 1 aromatic rings. The zero-order chi connectivity index (χ0) is 14.4. The summed E-state index contributed by atoms with van der Waals surface area (Å²) in [6.07, 6.45) is 3.02. The van der Waals surface area contributed by atoms with E-state index in [2.05, 4.69) is 29.8 Å². The number of piperidine rings is 1. The van der Waals surface area contributed by atoms with Gasteiger partial charge in [0.2, 0.25) is 0 Å². The summed E-state index contributed by atoms with van der Waals surface area (Å²) >= 11 is 1.77. The first-order valence-corrected chi connectivity index (χ1v) is 8.23. The fraction of sp³-hybridized carbons (Fsp3) is 0.667. The van der Waals surface area contributed by atoms with E-state index < -0.39 is 0 Å². The van der Waals surface area contributed by atoms with Crippen LogP contribution in [0.4, 0.5) is 4.79 Å². The Morgan fingerprint density at radius 2 is 2.50 bits per heavy atom. The van der Waals surface area contributed by atoms with E-state index in [-0.39, 0.29) is 18.6 Å². The molecule has 1 aromatic heterocycles. The van der Waals surface area contributed by atoms with E-state index in [0.29, 0.717) is 19.0 Å². The molecule has 0 aromatic carbocycles. The fourth-order valence-electron chi connectivity index (χ4n) is 2.62. The second-order valence-corrected chi connectivity index (χ2v) is 6.74. The minimum Gasteiger partial charge on any atom is -0.396 e. The molecule has 2 heterocycles. The first-order chi connectivity index (χ1) is 9.69. The lowest BCUT2D eigenvalue weighted by molar-refractivity contribution is 0.129. The number of aliphatic hydroxyl groups excluding tert-OH is 1. The molecule has 0 saturated carbocycles. The van der Waals surface area contributed by atoms with Crippen molar-refractivity contribution >= 4 is 17.4 Å². The van der Waals surface area contributed by atoms with Gasteiger partial charge in [0.25, 0.3) is 0 Å². The summed E-state index contributed by atoms with van der Waals surface area (Å²) in [7, 11) is 0. The van der Waals surface area contributed by atoms with E-state index in [1.807, 2.05) is 4.90 Å². The Hall–Kier alpha value is -1.07. The lowest BCUT2D eigenvalue weighted by atomic mass is 9.99. The van der Waals surface area contributed by atoms with Gasteiger partial charge in [-0.2, -0.15) is 0 Å². The van der Waals surface area contributed by atoms with Gasteiger partial charge in [0.1, 0.15) is 0 Å². The van der Waals surface area contributed by atoms with Crippen LogP contribution < -0.4 is 5.32 Å². The number of nitrogens with zero attached hydrogens (tertiary/aromatic N) is 1. The summed E-state index contributed by atoms with van der Waals surface area (Å²) in [5.41, 5.74) is 0. The van der Waals surface area contributed by atoms with E-state index >= 15 is 0 Å². The van der Waals surface area contributed by atoms with Crippen molar-refractivity contribution in [3.8, 4) is 0 Å². The number of amides is 2. The van der Waals surface area contributed by atoms with Gasteiger partial charge in [0, 0.05) is 31.1 Å². The predicted octanol–water partition coefficient (Wildman–Crippen LogP) is 2.34. The van der Waals surface area contributed by atoms with E-state index in [9.17, 15) is 9.90 Å². The minimum absolute atomic E-state index is 0.0150. The first kappa shape index (κ1) is 15.3. The molecule has 1 fully saturated rings. The SMILES string of the molecule is C[C@@H](CNC(=O)N1CCC[C@H](CO)C1)Cc1cccs1. The number of likely N-dealkylation sites (tertiary alicyclic amines) is 1. The van der Waals surface area contributed by atoms with Crippen LogP contribution in [0.15, 0.2) is 17.5 Å². The van der Waals surface area contributed by atoms with Gasteiger partial charge in [-0.3, -0.25) is 0 Å². The highest BCUT2D eigenvalue weighted by atomic mass is 32.1. The van der Waals surface area contributed by atoms with Gasteiger partial charge in [0.15, 0.2) is 0 Å². The Bertz CT molecular complexity index is 408. The molecule has 1 aliphatic rings. The summed E-state index contributed by atoms with van der Waals surface area (Å²) in [6.45, 7) is 4.53.